The quantitative estimate of drug-likeness (QED) is 0.524. The predicted molar refractivity (Wildman–Crippen MR) is 103 cm³/mol. The number of hydrogen-bond donors (Lipinski definition) is 3. The Bertz CT molecular complexity index is 892. The molecule has 0 saturated heterocycles. The lowest BCUT2D eigenvalue weighted by molar-refractivity contribution is -0.141. The minimum atomic E-state index is -1.10. The molecule has 0 radical (unpaired) electrons. The molecule has 3 rings (SSSR count). The molecular weight excluding hydrogens is 360 g/mol. The van der Waals surface area contributed by atoms with E-state index in [1.807, 2.05) is 30.3 Å². The summed E-state index contributed by atoms with van der Waals surface area (Å²) in [4.78, 5) is 23.6. The Morgan fingerprint density at radius 3 is 2.32 bits per heavy atom. The third-order valence-electron chi connectivity index (χ3n) is 3.91. The summed E-state index contributed by atoms with van der Waals surface area (Å²) < 4.78 is 10.8. The molecule has 1 atom stereocenters. The van der Waals surface area contributed by atoms with Crippen molar-refractivity contribution >= 4 is 17.6 Å². The second-order valence-electron chi connectivity index (χ2n) is 6.04. The standard InChI is InChI=1S/C21H20N2O5/c24-20(13-19(21(25)26)22-14-18-7-4-12-27-18)23-15-8-10-17(11-9-15)28-16-5-2-1-3-6-16/h1-12,19,22H,13-14H2,(H,23,24)(H,25,26). The van der Waals surface area contributed by atoms with Crippen LogP contribution in [0.5, 0.6) is 11.5 Å². The van der Waals surface area contributed by atoms with Crippen LogP contribution >= 0.6 is 0 Å². The summed E-state index contributed by atoms with van der Waals surface area (Å²) in [7, 11) is 0. The zero-order valence-corrected chi connectivity index (χ0v) is 15.0. The Kier molecular flexibility index (Phi) is 6.43. The number of amides is 1. The number of hydrogen-bond acceptors (Lipinski definition) is 5. The number of aliphatic carboxylic acids is 1. The van der Waals surface area contributed by atoms with Crippen LogP contribution in [0, 0.1) is 0 Å². The first-order chi connectivity index (χ1) is 13.6. The van der Waals surface area contributed by atoms with Crippen LogP contribution in [0.4, 0.5) is 5.69 Å². The predicted octanol–water partition coefficient (Wildman–Crippen LogP) is 3.64. The molecule has 144 valence electrons. The van der Waals surface area contributed by atoms with Gasteiger partial charge in [-0.1, -0.05) is 18.2 Å². The van der Waals surface area contributed by atoms with E-state index in [2.05, 4.69) is 10.6 Å². The Labute approximate surface area is 161 Å². The van der Waals surface area contributed by atoms with Crippen LogP contribution < -0.4 is 15.4 Å². The van der Waals surface area contributed by atoms with Crippen molar-refractivity contribution in [3.05, 3.63) is 78.8 Å². The molecule has 3 aromatic rings. The normalized spacial score (nSPS) is 11.6. The van der Waals surface area contributed by atoms with E-state index in [4.69, 9.17) is 9.15 Å². The van der Waals surface area contributed by atoms with Gasteiger partial charge in [-0.05, 0) is 48.5 Å². The molecule has 7 nitrogen and oxygen atoms in total. The molecule has 0 fully saturated rings. The summed E-state index contributed by atoms with van der Waals surface area (Å²) >= 11 is 0. The first kappa shape index (κ1) is 19.2. The molecule has 0 bridgehead atoms. The molecule has 1 aromatic heterocycles. The van der Waals surface area contributed by atoms with E-state index >= 15 is 0 Å². The van der Waals surface area contributed by atoms with Crippen molar-refractivity contribution in [1.29, 1.82) is 0 Å². The van der Waals surface area contributed by atoms with E-state index in [1.54, 1.807) is 36.4 Å². The first-order valence-corrected chi connectivity index (χ1v) is 8.71. The van der Waals surface area contributed by atoms with Crippen LogP contribution in [-0.4, -0.2) is 23.0 Å². The van der Waals surface area contributed by atoms with E-state index < -0.39 is 17.9 Å². The second-order valence-corrected chi connectivity index (χ2v) is 6.04. The largest absolute Gasteiger partial charge is 0.480 e. The number of carbonyl (C=O) groups is 2. The topological polar surface area (TPSA) is 101 Å². The van der Waals surface area contributed by atoms with Crippen molar-refractivity contribution in [3.63, 3.8) is 0 Å². The molecular formula is C21H20N2O5. The zero-order valence-electron chi connectivity index (χ0n) is 15.0. The fraction of sp³-hybridized carbons (Fsp3) is 0.143. The molecule has 7 heteroatoms. The maximum Gasteiger partial charge on any atom is 0.321 e. The highest BCUT2D eigenvalue weighted by atomic mass is 16.5. The molecule has 1 heterocycles. The molecule has 0 saturated carbocycles. The summed E-state index contributed by atoms with van der Waals surface area (Å²) in [5.74, 6) is 0.434. The van der Waals surface area contributed by atoms with Crippen molar-refractivity contribution in [3.8, 4) is 11.5 Å². The van der Waals surface area contributed by atoms with E-state index in [9.17, 15) is 14.7 Å². The molecule has 0 aliphatic rings. The van der Waals surface area contributed by atoms with E-state index in [0.717, 1.165) is 0 Å². The molecule has 2 aromatic carbocycles. The van der Waals surface area contributed by atoms with Gasteiger partial charge in [0.15, 0.2) is 0 Å². The first-order valence-electron chi connectivity index (χ1n) is 8.71. The fourth-order valence-corrected chi connectivity index (χ4v) is 2.51. The van der Waals surface area contributed by atoms with Gasteiger partial charge in [0, 0.05) is 5.69 Å². The summed E-state index contributed by atoms with van der Waals surface area (Å²) in [6.45, 7) is 0.225. The lowest BCUT2D eigenvalue weighted by Gasteiger charge is -2.14. The van der Waals surface area contributed by atoms with Gasteiger partial charge < -0.3 is 19.6 Å². The van der Waals surface area contributed by atoms with E-state index in [1.165, 1.54) is 6.26 Å². The summed E-state index contributed by atoms with van der Waals surface area (Å²) in [5, 5.41) is 14.8. The number of nitrogens with one attached hydrogen (secondary N) is 2. The molecule has 1 unspecified atom stereocenters. The van der Waals surface area contributed by atoms with Gasteiger partial charge in [-0.2, -0.15) is 0 Å². The van der Waals surface area contributed by atoms with Crippen LogP contribution in [0.25, 0.3) is 0 Å². The average Bonchev–Trinajstić information content (AvgIpc) is 3.21. The van der Waals surface area contributed by atoms with Gasteiger partial charge in [0.2, 0.25) is 5.91 Å². The van der Waals surface area contributed by atoms with Gasteiger partial charge in [-0.3, -0.25) is 14.9 Å². The second kappa shape index (κ2) is 9.38. The number of anilines is 1. The number of carboxylic acid groups (broad SMARTS) is 1. The molecule has 0 aliphatic heterocycles. The van der Waals surface area contributed by atoms with Gasteiger partial charge in [-0.25, -0.2) is 0 Å². The maximum atomic E-state index is 12.2. The molecule has 0 aliphatic carbocycles. The summed E-state index contributed by atoms with van der Waals surface area (Å²) in [6.07, 6.45) is 1.29. The van der Waals surface area contributed by atoms with Gasteiger partial charge in [0.1, 0.15) is 23.3 Å². The number of rotatable bonds is 9. The molecule has 1 amide bonds. The third-order valence-corrected chi connectivity index (χ3v) is 3.91. The lowest BCUT2D eigenvalue weighted by atomic mass is 10.2. The summed E-state index contributed by atoms with van der Waals surface area (Å²) in [6, 6.07) is 18.6. The van der Waals surface area contributed by atoms with Crippen LogP contribution in [-0.2, 0) is 16.1 Å². The van der Waals surface area contributed by atoms with E-state index in [0.29, 0.717) is 22.9 Å². The lowest BCUT2D eigenvalue weighted by Crippen LogP contribution is -2.39. The van der Waals surface area contributed by atoms with E-state index in [-0.39, 0.29) is 13.0 Å². The smallest absolute Gasteiger partial charge is 0.321 e. The summed E-state index contributed by atoms with van der Waals surface area (Å²) in [5.41, 5.74) is 0.556. The van der Waals surface area contributed by atoms with Crippen molar-refractivity contribution in [1.82, 2.24) is 5.32 Å². The highest BCUT2D eigenvalue weighted by Crippen LogP contribution is 2.22. The fourth-order valence-electron chi connectivity index (χ4n) is 2.51. The number of carbonyl (C=O) groups excluding carboxylic acids is 1. The SMILES string of the molecule is O=C(CC(NCc1ccco1)C(=O)O)Nc1ccc(Oc2ccccc2)cc1. The number of para-hydroxylation sites is 1. The Hall–Kier alpha value is -3.58. The minimum Gasteiger partial charge on any atom is -0.480 e. The van der Waals surface area contributed by atoms with Crippen LogP contribution in [0.2, 0.25) is 0 Å². The number of furan rings is 1. The van der Waals surface area contributed by atoms with Crippen molar-refractivity contribution in [2.24, 2.45) is 0 Å². The molecule has 0 spiro atoms. The Morgan fingerprint density at radius 2 is 1.68 bits per heavy atom. The monoisotopic (exact) mass is 380 g/mol. The van der Waals surface area contributed by atoms with Gasteiger partial charge in [0.05, 0.1) is 19.2 Å². The van der Waals surface area contributed by atoms with Crippen molar-refractivity contribution in [2.75, 3.05) is 5.32 Å². The highest BCUT2D eigenvalue weighted by Gasteiger charge is 2.21. The molecule has 28 heavy (non-hydrogen) atoms. The van der Waals surface area contributed by atoms with Gasteiger partial charge >= 0.3 is 5.97 Å². The third kappa shape index (κ3) is 5.72. The number of carboxylic acids is 1. The Balaban J connectivity index is 1.52. The average molecular weight is 380 g/mol. The molecule has 3 N–H and O–H groups in total. The van der Waals surface area contributed by atoms with Crippen LogP contribution in [0.1, 0.15) is 12.2 Å². The highest BCUT2D eigenvalue weighted by molar-refractivity contribution is 5.94. The van der Waals surface area contributed by atoms with Crippen molar-refractivity contribution in [2.45, 2.75) is 19.0 Å². The maximum absolute atomic E-state index is 12.2. The zero-order chi connectivity index (χ0) is 19.8. The van der Waals surface area contributed by atoms with Gasteiger partial charge in [0.25, 0.3) is 0 Å². The Morgan fingerprint density at radius 1 is 0.964 bits per heavy atom. The van der Waals surface area contributed by atoms with Crippen LogP contribution in [0.15, 0.2) is 77.4 Å². The van der Waals surface area contributed by atoms with Crippen molar-refractivity contribution < 1.29 is 23.8 Å². The van der Waals surface area contributed by atoms with Crippen LogP contribution in [0.3, 0.4) is 0 Å². The minimum absolute atomic E-state index is 0.210. The number of benzene rings is 2. The van der Waals surface area contributed by atoms with Gasteiger partial charge in [-0.15, -0.1) is 0 Å². The number of ether oxygens (including phenoxy) is 1.